The highest BCUT2D eigenvalue weighted by atomic mass is 16.6. The number of carbonyl (C=O) groups is 1. The van der Waals surface area contributed by atoms with Gasteiger partial charge in [-0.2, -0.15) is 0 Å². The Labute approximate surface area is 143 Å². The van der Waals surface area contributed by atoms with Crippen LogP contribution in [0.1, 0.15) is 11.6 Å². The summed E-state index contributed by atoms with van der Waals surface area (Å²) in [5.41, 5.74) is 2.29. The Morgan fingerprint density at radius 3 is 2.17 bits per heavy atom. The third-order valence-electron chi connectivity index (χ3n) is 3.81. The summed E-state index contributed by atoms with van der Waals surface area (Å²) >= 11 is 0. The maximum absolute atomic E-state index is 12.0. The Morgan fingerprint density at radius 1 is 1.00 bits per heavy atom. The third kappa shape index (κ3) is 4.99. The van der Waals surface area contributed by atoms with Crippen LogP contribution in [0.4, 0.5) is 10.5 Å². The number of amides is 1. The number of nitrogens with zero attached hydrogens (tertiary/aromatic N) is 2. The highest BCUT2D eigenvalue weighted by molar-refractivity contribution is 5.70. The van der Waals surface area contributed by atoms with Crippen LogP contribution in [0, 0.1) is 0 Å². The van der Waals surface area contributed by atoms with Crippen molar-refractivity contribution in [2.24, 2.45) is 0 Å². The van der Waals surface area contributed by atoms with Crippen molar-refractivity contribution >= 4 is 11.8 Å². The fourth-order valence-corrected chi connectivity index (χ4v) is 2.40. The third-order valence-corrected chi connectivity index (χ3v) is 3.81. The molecule has 1 N–H and O–H groups in total. The van der Waals surface area contributed by atoms with E-state index in [1.54, 1.807) is 12.1 Å². The summed E-state index contributed by atoms with van der Waals surface area (Å²) in [6.45, 7) is 0.472. The molecule has 0 fully saturated rings. The van der Waals surface area contributed by atoms with Gasteiger partial charge in [0.05, 0.1) is 6.04 Å². The van der Waals surface area contributed by atoms with E-state index in [1.807, 2.05) is 46.4 Å². The van der Waals surface area contributed by atoms with Crippen molar-refractivity contribution in [2.75, 3.05) is 39.6 Å². The van der Waals surface area contributed by atoms with Crippen molar-refractivity contribution < 1.29 is 9.53 Å². The Bertz CT molecular complexity index is 639. The Morgan fingerprint density at radius 2 is 1.62 bits per heavy atom. The van der Waals surface area contributed by atoms with Gasteiger partial charge in [0.1, 0.15) is 5.75 Å². The zero-order valence-electron chi connectivity index (χ0n) is 14.7. The average Bonchev–Trinajstić information content (AvgIpc) is 2.56. The largest absolute Gasteiger partial charge is 0.412 e. The zero-order valence-corrected chi connectivity index (χ0v) is 14.7. The second-order valence-electron chi connectivity index (χ2n) is 6.05. The number of likely N-dealkylation sites (N-methyl/N-ethyl adjacent to an activating group) is 1. The predicted octanol–water partition coefficient (Wildman–Crippen LogP) is 3.14. The van der Waals surface area contributed by atoms with Crippen LogP contribution >= 0.6 is 0 Å². The molecule has 128 valence electrons. The fraction of sp³-hybridized carbons (Fsp3) is 0.316. The monoisotopic (exact) mass is 327 g/mol. The molecular formula is C19H25N3O2. The van der Waals surface area contributed by atoms with Crippen molar-refractivity contribution in [1.29, 1.82) is 0 Å². The van der Waals surface area contributed by atoms with Crippen molar-refractivity contribution in [3.8, 4) is 5.75 Å². The topological polar surface area (TPSA) is 44.8 Å². The number of hydrogen-bond donors (Lipinski definition) is 1. The second kappa shape index (κ2) is 8.36. The summed E-state index contributed by atoms with van der Waals surface area (Å²) < 4.78 is 5.26. The van der Waals surface area contributed by atoms with E-state index in [2.05, 4.69) is 39.4 Å². The van der Waals surface area contributed by atoms with Crippen molar-refractivity contribution in [3.05, 3.63) is 60.2 Å². The Hall–Kier alpha value is -2.53. The minimum Gasteiger partial charge on any atom is -0.410 e. The molecule has 1 amide bonds. The first kappa shape index (κ1) is 17.8. The summed E-state index contributed by atoms with van der Waals surface area (Å²) in [6.07, 6.45) is -0.446. The molecule has 24 heavy (non-hydrogen) atoms. The van der Waals surface area contributed by atoms with E-state index in [4.69, 9.17) is 4.74 Å². The normalized spacial score (nSPS) is 11.9. The summed E-state index contributed by atoms with van der Waals surface area (Å²) in [5.74, 6) is 0.534. The lowest BCUT2D eigenvalue weighted by atomic mass is 10.1. The first-order chi connectivity index (χ1) is 11.5. The molecule has 2 aromatic rings. The molecule has 0 spiro atoms. The number of nitrogens with one attached hydrogen (secondary N) is 1. The molecule has 5 nitrogen and oxygen atoms in total. The molecule has 2 aromatic carbocycles. The molecule has 0 saturated heterocycles. The van der Waals surface area contributed by atoms with Crippen LogP contribution in [0.25, 0.3) is 0 Å². The van der Waals surface area contributed by atoms with Gasteiger partial charge in [-0.3, -0.25) is 0 Å². The molecule has 0 heterocycles. The van der Waals surface area contributed by atoms with Gasteiger partial charge in [0, 0.05) is 26.3 Å². The first-order valence-corrected chi connectivity index (χ1v) is 7.92. The lowest BCUT2D eigenvalue weighted by molar-refractivity contribution is 0.194. The molecule has 1 unspecified atom stereocenters. The molecule has 0 aliphatic heterocycles. The van der Waals surface area contributed by atoms with Gasteiger partial charge in [-0.15, -0.1) is 0 Å². The van der Waals surface area contributed by atoms with Crippen molar-refractivity contribution in [1.82, 2.24) is 10.2 Å². The van der Waals surface area contributed by atoms with E-state index >= 15 is 0 Å². The van der Waals surface area contributed by atoms with Gasteiger partial charge < -0.3 is 19.9 Å². The van der Waals surface area contributed by atoms with E-state index in [-0.39, 0.29) is 6.04 Å². The lowest BCUT2D eigenvalue weighted by Gasteiger charge is -2.25. The van der Waals surface area contributed by atoms with Crippen LogP contribution < -0.4 is 15.0 Å². The van der Waals surface area contributed by atoms with Gasteiger partial charge in [-0.25, -0.2) is 4.79 Å². The fourth-order valence-electron chi connectivity index (χ4n) is 2.40. The van der Waals surface area contributed by atoms with Crippen LogP contribution in [0.15, 0.2) is 54.6 Å². The Balaban J connectivity index is 1.97. The summed E-state index contributed by atoms with van der Waals surface area (Å²) in [6, 6.07) is 17.5. The summed E-state index contributed by atoms with van der Waals surface area (Å²) in [4.78, 5) is 16.1. The van der Waals surface area contributed by atoms with E-state index in [9.17, 15) is 4.79 Å². The average molecular weight is 327 g/mol. The number of rotatable bonds is 6. The number of hydrogen-bond acceptors (Lipinski definition) is 4. The van der Waals surface area contributed by atoms with Gasteiger partial charge >= 0.3 is 6.09 Å². The molecule has 0 radical (unpaired) electrons. The van der Waals surface area contributed by atoms with Gasteiger partial charge in [-0.05, 0) is 43.9 Å². The number of carbonyl (C=O) groups excluding carboxylic acids is 1. The smallest absolute Gasteiger partial charge is 0.410 e. The van der Waals surface area contributed by atoms with Crippen molar-refractivity contribution in [3.63, 3.8) is 0 Å². The lowest BCUT2D eigenvalue weighted by Crippen LogP contribution is -2.36. The van der Waals surface area contributed by atoms with Crippen LogP contribution in [0.3, 0.4) is 0 Å². The first-order valence-electron chi connectivity index (χ1n) is 7.92. The van der Waals surface area contributed by atoms with Gasteiger partial charge in [0.2, 0.25) is 0 Å². The minimum absolute atomic E-state index is 0.0736. The van der Waals surface area contributed by atoms with Gasteiger partial charge in [-0.1, -0.05) is 30.3 Å². The minimum atomic E-state index is -0.446. The number of para-hydroxylation sites is 1. The molecule has 0 saturated carbocycles. The maximum atomic E-state index is 12.0. The van der Waals surface area contributed by atoms with Crippen molar-refractivity contribution in [2.45, 2.75) is 6.04 Å². The molecular weight excluding hydrogens is 302 g/mol. The summed E-state index contributed by atoms with van der Waals surface area (Å²) in [7, 11) is 8.02. The molecule has 0 aliphatic carbocycles. The SMILES string of the molecule is CN(C)c1ccc(C(CNC(=O)Oc2ccccc2)N(C)C)cc1. The highest BCUT2D eigenvalue weighted by Gasteiger charge is 2.16. The number of benzene rings is 2. The molecule has 0 aliphatic rings. The van der Waals surface area contributed by atoms with E-state index in [0.29, 0.717) is 12.3 Å². The molecule has 5 heteroatoms. The van der Waals surface area contributed by atoms with Crippen LogP contribution in [-0.4, -0.2) is 45.7 Å². The molecule has 1 atom stereocenters. The number of ether oxygens (including phenoxy) is 1. The van der Waals surface area contributed by atoms with E-state index < -0.39 is 6.09 Å². The molecule has 2 rings (SSSR count). The molecule has 0 aromatic heterocycles. The Kier molecular flexibility index (Phi) is 6.21. The maximum Gasteiger partial charge on any atom is 0.412 e. The van der Waals surface area contributed by atoms with E-state index in [0.717, 1.165) is 11.3 Å². The standard InChI is InChI=1S/C19H25N3O2/c1-21(2)16-12-10-15(11-13-16)18(22(3)4)14-20-19(23)24-17-8-6-5-7-9-17/h5-13,18H,14H2,1-4H3,(H,20,23). The summed E-state index contributed by atoms with van der Waals surface area (Å²) in [5, 5.41) is 2.84. The predicted molar refractivity (Wildman–Crippen MR) is 97.7 cm³/mol. The quantitative estimate of drug-likeness (QED) is 0.885. The second-order valence-corrected chi connectivity index (χ2v) is 6.05. The van der Waals surface area contributed by atoms with Crippen LogP contribution in [0.2, 0.25) is 0 Å². The van der Waals surface area contributed by atoms with Gasteiger partial charge in [0.25, 0.3) is 0 Å². The van der Waals surface area contributed by atoms with Gasteiger partial charge in [0.15, 0.2) is 0 Å². The zero-order chi connectivity index (χ0) is 17.5. The number of anilines is 1. The van der Waals surface area contributed by atoms with Crippen LogP contribution in [-0.2, 0) is 0 Å². The van der Waals surface area contributed by atoms with E-state index in [1.165, 1.54) is 0 Å². The highest BCUT2D eigenvalue weighted by Crippen LogP contribution is 2.21. The molecule has 0 bridgehead atoms. The van der Waals surface area contributed by atoms with Crippen LogP contribution in [0.5, 0.6) is 5.75 Å².